The monoisotopic (exact) mass is 340 g/mol. The van der Waals surface area contributed by atoms with Crippen molar-refractivity contribution in [1.82, 2.24) is 5.06 Å². The molecule has 0 unspecified atom stereocenters. The van der Waals surface area contributed by atoms with Gasteiger partial charge >= 0.3 is 0 Å². The molecule has 0 saturated carbocycles. The summed E-state index contributed by atoms with van der Waals surface area (Å²) in [6.07, 6.45) is 0.631. The minimum absolute atomic E-state index is 0.364. The molecule has 5 nitrogen and oxygen atoms in total. The van der Waals surface area contributed by atoms with E-state index in [1.165, 1.54) is 5.06 Å². The van der Waals surface area contributed by atoms with Crippen molar-refractivity contribution < 1.29 is 14.7 Å². The van der Waals surface area contributed by atoms with Crippen LogP contribution < -0.4 is 4.74 Å². The first-order chi connectivity index (χ1) is 12.0. The van der Waals surface area contributed by atoms with Gasteiger partial charge in [-0.1, -0.05) is 25.1 Å². The van der Waals surface area contributed by atoms with Crippen LogP contribution in [0.1, 0.15) is 38.3 Å². The number of hydroxylamine groups is 3. The highest BCUT2D eigenvalue weighted by Gasteiger charge is 2.55. The largest absolute Gasteiger partial charge is 0.622 e. The van der Waals surface area contributed by atoms with Crippen LogP contribution in [0.2, 0.25) is 0 Å². The van der Waals surface area contributed by atoms with Crippen molar-refractivity contribution in [3.05, 3.63) is 70.9 Å². The van der Waals surface area contributed by atoms with Gasteiger partial charge in [-0.3, -0.25) is 0 Å². The molecule has 0 bridgehead atoms. The number of nitrogens with zero attached hydrogens (tertiary/aromatic N) is 2. The molecule has 2 aromatic carbocycles. The molecule has 25 heavy (non-hydrogen) atoms. The number of ether oxygens (including phenoxy) is 1. The molecule has 0 spiro atoms. The van der Waals surface area contributed by atoms with Gasteiger partial charge in [0.1, 0.15) is 11.8 Å². The minimum atomic E-state index is -1.18. The normalized spacial score (nSPS) is 23.9. The van der Waals surface area contributed by atoms with Gasteiger partial charge in [-0.25, -0.2) is 0 Å². The number of hydrogen-bond acceptors (Lipinski definition) is 4. The Morgan fingerprint density at radius 1 is 1.12 bits per heavy atom. The van der Waals surface area contributed by atoms with Gasteiger partial charge in [-0.05, 0) is 49.7 Å². The molecule has 0 radical (unpaired) electrons. The lowest BCUT2D eigenvalue weighted by atomic mass is 10.0. The second-order valence-corrected chi connectivity index (χ2v) is 6.29. The van der Waals surface area contributed by atoms with Gasteiger partial charge in [0.25, 0.3) is 5.66 Å². The number of benzene rings is 2. The van der Waals surface area contributed by atoms with Gasteiger partial charge in [-0.2, -0.15) is 4.74 Å². The van der Waals surface area contributed by atoms with Crippen molar-refractivity contribution in [2.45, 2.75) is 38.9 Å². The van der Waals surface area contributed by atoms with Crippen LogP contribution in [-0.4, -0.2) is 33.4 Å². The first kappa shape index (κ1) is 17.5. The van der Waals surface area contributed by atoms with Gasteiger partial charge in [-0.15, -0.1) is 5.06 Å². The van der Waals surface area contributed by atoms with E-state index in [1.54, 1.807) is 6.92 Å². The zero-order chi connectivity index (χ0) is 18.0. The lowest BCUT2D eigenvalue weighted by Gasteiger charge is -2.30. The SMILES string of the molecule is CCOc1ccc([C@]2(C)N(O)[C@@H](CC)C(c3ccccc3)=[N+]2[O-])cc1. The second kappa shape index (κ2) is 6.86. The van der Waals surface area contributed by atoms with E-state index in [1.807, 2.05) is 68.4 Å². The molecular weight excluding hydrogens is 316 g/mol. The third kappa shape index (κ3) is 2.79. The van der Waals surface area contributed by atoms with Crippen LogP contribution in [0.3, 0.4) is 0 Å². The Hall–Kier alpha value is -2.37. The molecule has 5 heteroatoms. The molecule has 0 aromatic heterocycles. The maximum absolute atomic E-state index is 13.3. The highest BCUT2D eigenvalue weighted by molar-refractivity contribution is 6.01. The Morgan fingerprint density at radius 3 is 2.32 bits per heavy atom. The van der Waals surface area contributed by atoms with E-state index in [-0.39, 0.29) is 6.04 Å². The molecule has 1 aliphatic heterocycles. The molecule has 0 amide bonds. The fourth-order valence-corrected chi connectivity index (χ4v) is 3.45. The Balaban J connectivity index is 2.09. The minimum Gasteiger partial charge on any atom is -0.622 e. The third-order valence-corrected chi connectivity index (χ3v) is 4.84. The standard InChI is InChI=1S/C20H24N2O3/c1-4-18-19(15-9-7-6-8-10-15)22(24)20(3,21(18)23)16-11-13-17(14-12-16)25-5-2/h6-14,18,23H,4-5H2,1-3H3/t18-,20+/m0/s1. The third-order valence-electron chi connectivity index (χ3n) is 4.84. The molecule has 1 N–H and O–H groups in total. The van der Waals surface area contributed by atoms with Crippen molar-refractivity contribution in [3.8, 4) is 5.75 Å². The molecule has 0 aliphatic carbocycles. The molecule has 0 fully saturated rings. The van der Waals surface area contributed by atoms with E-state index < -0.39 is 5.66 Å². The molecule has 132 valence electrons. The number of hydrogen-bond donors (Lipinski definition) is 1. The van der Waals surface area contributed by atoms with Crippen LogP contribution in [0.4, 0.5) is 0 Å². The second-order valence-electron chi connectivity index (χ2n) is 6.29. The van der Waals surface area contributed by atoms with E-state index in [9.17, 15) is 10.4 Å². The summed E-state index contributed by atoms with van der Waals surface area (Å²) in [5.74, 6) is 0.745. The van der Waals surface area contributed by atoms with Gasteiger partial charge in [0.15, 0.2) is 0 Å². The molecule has 2 aromatic rings. The highest BCUT2D eigenvalue weighted by Crippen LogP contribution is 2.37. The maximum atomic E-state index is 13.3. The van der Waals surface area contributed by atoms with E-state index in [4.69, 9.17) is 4.74 Å². The summed E-state index contributed by atoms with van der Waals surface area (Å²) >= 11 is 0. The van der Waals surface area contributed by atoms with Crippen LogP contribution in [0, 0.1) is 5.21 Å². The molecule has 1 heterocycles. The Bertz CT molecular complexity index is 758. The quantitative estimate of drug-likeness (QED) is 0.665. The smallest absolute Gasteiger partial charge is 0.274 e. The fraction of sp³-hybridized carbons (Fsp3) is 0.350. The van der Waals surface area contributed by atoms with Crippen molar-refractivity contribution in [3.63, 3.8) is 0 Å². The van der Waals surface area contributed by atoms with Crippen LogP contribution in [-0.2, 0) is 5.66 Å². The van der Waals surface area contributed by atoms with Gasteiger partial charge < -0.3 is 15.2 Å². The average molecular weight is 340 g/mol. The van der Waals surface area contributed by atoms with E-state index in [2.05, 4.69) is 0 Å². The summed E-state index contributed by atoms with van der Waals surface area (Å²) in [5.41, 5.74) is 0.953. The molecular formula is C20H24N2O3. The molecule has 2 atom stereocenters. The molecule has 3 rings (SSSR count). The van der Waals surface area contributed by atoms with Crippen molar-refractivity contribution in [2.75, 3.05) is 6.61 Å². The maximum Gasteiger partial charge on any atom is 0.274 e. The lowest BCUT2D eigenvalue weighted by Crippen LogP contribution is -2.46. The van der Waals surface area contributed by atoms with Gasteiger partial charge in [0.05, 0.1) is 6.61 Å². The topological polar surface area (TPSA) is 58.8 Å². The van der Waals surface area contributed by atoms with Gasteiger partial charge in [0, 0.05) is 18.1 Å². The first-order valence-electron chi connectivity index (χ1n) is 8.65. The zero-order valence-electron chi connectivity index (χ0n) is 14.8. The Kier molecular flexibility index (Phi) is 4.79. The van der Waals surface area contributed by atoms with E-state index in [0.717, 1.165) is 21.6 Å². The fourth-order valence-electron chi connectivity index (χ4n) is 3.45. The summed E-state index contributed by atoms with van der Waals surface area (Å²) in [6, 6.07) is 16.5. The summed E-state index contributed by atoms with van der Waals surface area (Å²) in [5, 5.41) is 25.3. The summed E-state index contributed by atoms with van der Waals surface area (Å²) < 4.78 is 6.41. The average Bonchev–Trinajstić information content (AvgIpc) is 2.84. The Morgan fingerprint density at radius 2 is 1.76 bits per heavy atom. The van der Waals surface area contributed by atoms with E-state index >= 15 is 0 Å². The summed E-state index contributed by atoms with van der Waals surface area (Å²) in [7, 11) is 0. The van der Waals surface area contributed by atoms with Crippen molar-refractivity contribution in [1.29, 1.82) is 0 Å². The summed E-state index contributed by atoms with van der Waals surface area (Å²) in [4.78, 5) is 0. The predicted molar refractivity (Wildman–Crippen MR) is 96.8 cm³/mol. The molecule has 0 saturated heterocycles. The zero-order valence-corrected chi connectivity index (χ0v) is 14.8. The Labute approximate surface area is 148 Å². The van der Waals surface area contributed by atoms with E-state index in [0.29, 0.717) is 18.7 Å². The number of rotatable bonds is 5. The molecule has 1 aliphatic rings. The van der Waals surface area contributed by atoms with Crippen LogP contribution in [0.15, 0.2) is 54.6 Å². The van der Waals surface area contributed by atoms with Crippen LogP contribution in [0.25, 0.3) is 0 Å². The predicted octanol–water partition coefficient (Wildman–Crippen LogP) is 3.74. The first-order valence-corrected chi connectivity index (χ1v) is 8.65. The highest BCUT2D eigenvalue weighted by atomic mass is 16.6. The van der Waals surface area contributed by atoms with Crippen molar-refractivity contribution in [2.24, 2.45) is 0 Å². The summed E-state index contributed by atoms with van der Waals surface area (Å²) in [6.45, 7) is 6.22. The van der Waals surface area contributed by atoms with Gasteiger partial charge in [0.2, 0.25) is 5.71 Å². The lowest BCUT2D eigenvalue weighted by molar-refractivity contribution is -0.595. The van der Waals surface area contributed by atoms with Crippen molar-refractivity contribution >= 4 is 5.71 Å². The van der Waals surface area contributed by atoms with Crippen LogP contribution >= 0.6 is 0 Å². The van der Waals surface area contributed by atoms with Crippen LogP contribution in [0.5, 0.6) is 5.75 Å².